The summed E-state index contributed by atoms with van der Waals surface area (Å²) in [5.74, 6) is 0.108. The molecule has 1 aromatic heterocycles. The van der Waals surface area contributed by atoms with Gasteiger partial charge in [-0.3, -0.25) is 9.78 Å². The zero-order chi connectivity index (χ0) is 14.0. The summed E-state index contributed by atoms with van der Waals surface area (Å²) in [6.07, 6.45) is 4.85. The molecule has 0 amide bonds. The number of rotatable bonds is 2. The van der Waals surface area contributed by atoms with Crippen LogP contribution in [0.3, 0.4) is 0 Å². The molecule has 1 atom stereocenters. The quantitative estimate of drug-likeness (QED) is 0.834. The number of nitrogens with zero attached hydrogens (tertiary/aromatic N) is 1. The normalized spacial score (nSPS) is 25.5. The van der Waals surface area contributed by atoms with E-state index < -0.39 is 0 Å². The van der Waals surface area contributed by atoms with Crippen LogP contribution in [-0.4, -0.2) is 36.2 Å². The second-order valence-corrected chi connectivity index (χ2v) is 5.67. The van der Waals surface area contributed by atoms with Gasteiger partial charge in [0, 0.05) is 25.7 Å². The van der Waals surface area contributed by atoms with Gasteiger partial charge in [0.1, 0.15) is 5.69 Å². The number of carbonyl (C=O) groups is 1. The maximum absolute atomic E-state index is 12.5. The Kier molecular flexibility index (Phi) is 3.72. The summed E-state index contributed by atoms with van der Waals surface area (Å²) in [7, 11) is 0. The lowest BCUT2D eigenvalue weighted by molar-refractivity contribution is -0.142. The van der Waals surface area contributed by atoms with Crippen LogP contribution in [0.5, 0.6) is 0 Å². The Bertz CT molecular complexity index is 475. The van der Waals surface area contributed by atoms with Gasteiger partial charge in [-0.2, -0.15) is 0 Å². The first-order valence-electron chi connectivity index (χ1n) is 7.16. The minimum absolute atomic E-state index is 0.00188. The molecule has 1 unspecified atom stereocenters. The van der Waals surface area contributed by atoms with Gasteiger partial charge in [0.2, 0.25) is 0 Å². The molecule has 3 rings (SSSR count). The Morgan fingerprint density at radius 3 is 2.80 bits per heavy atom. The molecule has 2 N–H and O–H groups in total. The van der Waals surface area contributed by atoms with Crippen molar-refractivity contribution in [3.8, 4) is 0 Å². The van der Waals surface area contributed by atoms with Gasteiger partial charge in [-0.1, -0.05) is 0 Å². The Hall–Kier alpha value is -1.46. The third kappa shape index (κ3) is 2.69. The smallest absolute Gasteiger partial charge is 0.184 e. The molecule has 3 heterocycles. The molecular formula is C15H20N2O3. The van der Waals surface area contributed by atoms with Crippen LogP contribution >= 0.6 is 0 Å². The number of hydrogen-bond acceptors (Lipinski definition) is 5. The van der Waals surface area contributed by atoms with Crippen LogP contribution in [0, 0.1) is 5.92 Å². The van der Waals surface area contributed by atoms with E-state index in [0.29, 0.717) is 18.0 Å². The minimum atomic E-state index is -0.162. The molecule has 108 valence electrons. The van der Waals surface area contributed by atoms with E-state index in [1.807, 2.05) is 0 Å². The second kappa shape index (κ2) is 5.50. The topological polar surface area (TPSA) is 74.4 Å². The van der Waals surface area contributed by atoms with E-state index in [9.17, 15) is 4.79 Å². The molecule has 5 nitrogen and oxygen atoms in total. The van der Waals surface area contributed by atoms with Crippen molar-refractivity contribution in [3.63, 3.8) is 0 Å². The summed E-state index contributed by atoms with van der Waals surface area (Å²) >= 11 is 0. The largest absolute Gasteiger partial charge is 0.397 e. The van der Waals surface area contributed by atoms with Crippen molar-refractivity contribution in [3.05, 3.63) is 24.0 Å². The molecule has 2 aliphatic heterocycles. The van der Waals surface area contributed by atoms with Gasteiger partial charge in [-0.25, -0.2) is 0 Å². The fourth-order valence-corrected chi connectivity index (χ4v) is 3.10. The van der Waals surface area contributed by atoms with Crippen molar-refractivity contribution in [2.24, 2.45) is 5.92 Å². The Labute approximate surface area is 118 Å². The number of ether oxygens (including phenoxy) is 2. The van der Waals surface area contributed by atoms with E-state index in [4.69, 9.17) is 15.2 Å². The number of anilines is 1. The number of ketones is 1. The van der Waals surface area contributed by atoms with Gasteiger partial charge in [0.25, 0.3) is 0 Å². The molecule has 0 bridgehead atoms. The third-order valence-corrected chi connectivity index (χ3v) is 4.31. The summed E-state index contributed by atoms with van der Waals surface area (Å²) < 4.78 is 11.4. The number of pyridine rings is 1. The lowest BCUT2D eigenvalue weighted by Crippen LogP contribution is -2.46. The highest BCUT2D eigenvalue weighted by Crippen LogP contribution is 2.38. The van der Waals surface area contributed by atoms with Crippen LogP contribution in [0.25, 0.3) is 0 Å². The second-order valence-electron chi connectivity index (χ2n) is 5.67. The zero-order valence-corrected chi connectivity index (χ0v) is 11.5. The molecule has 1 aromatic rings. The van der Waals surface area contributed by atoms with Crippen molar-refractivity contribution in [1.29, 1.82) is 0 Å². The molecule has 0 aromatic carbocycles. The van der Waals surface area contributed by atoms with Gasteiger partial charge in [0.15, 0.2) is 5.78 Å². The summed E-state index contributed by atoms with van der Waals surface area (Å²) in [5.41, 5.74) is 6.53. The van der Waals surface area contributed by atoms with Crippen molar-refractivity contribution < 1.29 is 14.3 Å². The fraction of sp³-hybridized carbons (Fsp3) is 0.600. The number of Topliss-reactive ketones (excluding diaryl/α,β-unsaturated/α-hetero) is 1. The first-order chi connectivity index (χ1) is 9.69. The summed E-state index contributed by atoms with van der Waals surface area (Å²) in [6, 6.07) is 3.44. The number of aromatic nitrogens is 1. The molecule has 5 heteroatoms. The number of hydrogen-bond donors (Lipinski definition) is 1. The molecule has 1 spiro atoms. The summed E-state index contributed by atoms with van der Waals surface area (Å²) in [6.45, 7) is 2.09. The summed E-state index contributed by atoms with van der Waals surface area (Å²) in [4.78, 5) is 16.7. The predicted molar refractivity (Wildman–Crippen MR) is 74.4 cm³/mol. The van der Waals surface area contributed by atoms with Crippen LogP contribution in [0.1, 0.15) is 36.2 Å². The van der Waals surface area contributed by atoms with Gasteiger partial charge in [-0.05, 0) is 37.8 Å². The Morgan fingerprint density at radius 1 is 1.30 bits per heavy atom. The number of nitrogen functional groups attached to an aromatic ring is 1. The van der Waals surface area contributed by atoms with Crippen molar-refractivity contribution >= 4 is 11.5 Å². The molecule has 2 saturated heterocycles. The van der Waals surface area contributed by atoms with Gasteiger partial charge in [-0.15, -0.1) is 0 Å². The van der Waals surface area contributed by atoms with E-state index in [-0.39, 0.29) is 17.3 Å². The highest BCUT2D eigenvalue weighted by molar-refractivity contribution is 5.96. The zero-order valence-electron chi connectivity index (χ0n) is 11.5. The maximum Gasteiger partial charge on any atom is 0.184 e. The lowest BCUT2D eigenvalue weighted by atomic mass is 9.78. The Morgan fingerprint density at radius 2 is 2.10 bits per heavy atom. The van der Waals surface area contributed by atoms with Crippen molar-refractivity contribution in [1.82, 2.24) is 4.98 Å². The Balaban J connectivity index is 1.73. The monoisotopic (exact) mass is 276 g/mol. The SMILES string of the molecule is Nc1ccc(C(=O)C2CCOC3(CCOCC3)C2)nc1. The highest BCUT2D eigenvalue weighted by atomic mass is 16.5. The standard InChI is InChI=1S/C15H20N2O3/c16-12-1-2-13(17-10-12)14(18)11-3-6-20-15(9-11)4-7-19-8-5-15/h1-2,10-11H,3-9,16H2. The van der Waals surface area contributed by atoms with Gasteiger partial charge in [0.05, 0.1) is 17.5 Å². The maximum atomic E-state index is 12.5. The van der Waals surface area contributed by atoms with Crippen molar-refractivity contribution in [2.75, 3.05) is 25.6 Å². The molecule has 20 heavy (non-hydrogen) atoms. The van der Waals surface area contributed by atoms with E-state index in [1.165, 1.54) is 6.20 Å². The molecule has 0 aliphatic carbocycles. The third-order valence-electron chi connectivity index (χ3n) is 4.31. The van der Waals surface area contributed by atoms with E-state index in [0.717, 1.165) is 38.9 Å². The van der Waals surface area contributed by atoms with E-state index >= 15 is 0 Å². The number of carbonyl (C=O) groups excluding carboxylic acids is 1. The number of nitrogens with two attached hydrogens (primary N) is 1. The highest BCUT2D eigenvalue weighted by Gasteiger charge is 2.41. The molecular weight excluding hydrogens is 256 g/mol. The van der Waals surface area contributed by atoms with E-state index in [1.54, 1.807) is 12.1 Å². The minimum Gasteiger partial charge on any atom is -0.397 e. The molecule has 0 radical (unpaired) electrons. The van der Waals surface area contributed by atoms with Crippen LogP contribution < -0.4 is 5.73 Å². The van der Waals surface area contributed by atoms with E-state index in [2.05, 4.69) is 4.98 Å². The summed E-state index contributed by atoms with van der Waals surface area (Å²) in [5, 5.41) is 0. The molecule has 2 aliphatic rings. The predicted octanol–water partition coefficient (Wildman–Crippen LogP) is 1.82. The van der Waals surface area contributed by atoms with Crippen LogP contribution in [0.4, 0.5) is 5.69 Å². The first kappa shape index (κ1) is 13.5. The molecule has 2 fully saturated rings. The lowest BCUT2D eigenvalue weighted by Gasteiger charge is -2.42. The first-order valence-corrected chi connectivity index (χ1v) is 7.16. The molecule has 0 saturated carbocycles. The average Bonchev–Trinajstić information content (AvgIpc) is 2.48. The van der Waals surface area contributed by atoms with Gasteiger partial charge < -0.3 is 15.2 Å². The van der Waals surface area contributed by atoms with Crippen LogP contribution in [0.15, 0.2) is 18.3 Å². The fourth-order valence-electron chi connectivity index (χ4n) is 3.10. The van der Waals surface area contributed by atoms with Crippen LogP contribution in [0.2, 0.25) is 0 Å². The average molecular weight is 276 g/mol. The van der Waals surface area contributed by atoms with Crippen LogP contribution in [-0.2, 0) is 9.47 Å². The van der Waals surface area contributed by atoms with Crippen molar-refractivity contribution in [2.45, 2.75) is 31.3 Å². The van der Waals surface area contributed by atoms with Gasteiger partial charge >= 0.3 is 0 Å².